The van der Waals surface area contributed by atoms with E-state index in [-0.39, 0.29) is 17.4 Å². The van der Waals surface area contributed by atoms with Gasteiger partial charge in [0.2, 0.25) is 11.9 Å². The van der Waals surface area contributed by atoms with Crippen molar-refractivity contribution < 1.29 is 9.53 Å². The van der Waals surface area contributed by atoms with Crippen LogP contribution in [-0.4, -0.2) is 88.6 Å². The molecule has 2 atom stereocenters. The Kier molecular flexibility index (Phi) is 6.99. The molecule has 1 aromatic rings. The zero-order chi connectivity index (χ0) is 21.8. The first-order valence-corrected chi connectivity index (χ1v) is 11.6. The number of anilines is 2. The smallest absolute Gasteiger partial charge is 0.246 e. The van der Waals surface area contributed by atoms with Crippen LogP contribution in [0.2, 0.25) is 0 Å². The van der Waals surface area contributed by atoms with Gasteiger partial charge < -0.3 is 25.2 Å². The molecule has 9 nitrogen and oxygen atoms in total. The van der Waals surface area contributed by atoms with E-state index >= 15 is 0 Å². The summed E-state index contributed by atoms with van der Waals surface area (Å²) in [5.74, 6) is 1.37. The summed E-state index contributed by atoms with van der Waals surface area (Å²) in [6.07, 6.45) is 4.37. The van der Waals surface area contributed by atoms with Crippen LogP contribution >= 0.6 is 11.8 Å². The van der Waals surface area contributed by atoms with Gasteiger partial charge in [-0.05, 0) is 19.4 Å². The van der Waals surface area contributed by atoms with E-state index in [1.54, 1.807) is 11.8 Å². The summed E-state index contributed by atoms with van der Waals surface area (Å²) in [7, 11) is 2.04. The Morgan fingerprint density at radius 1 is 1.32 bits per heavy atom. The predicted octanol–water partition coefficient (Wildman–Crippen LogP) is 1.74. The van der Waals surface area contributed by atoms with Gasteiger partial charge in [-0.3, -0.25) is 9.69 Å². The third-order valence-electron chi connectivity index (χ3n) is 5.60. The lowest BCUT2D eigenvalue weighted by Gasteiger charge is -2.27. The summed E-state index contributed by atoms with van der Waals surface area (Å²) in [6.45, 7) is 11.1. The lowest BCUT2D eigenvalue weighted by atomic mass is 10.2. The number of ether oxygens (including phenoxy) is 1. The molecular weight excluding hydrogens is 414 g/mol. The van der Waals surface area contributed by atoms with E-state index in [0.717, 1.165) is 57.3 Å². The number of amides is 1. The number of carbonyl (C=O) groups is 1. The summed E-state index contributed by atoms with van der Waals surface area (Å²) < 4.78 is 5.47. The molecule has 0 saturated carbocycles. The van der Waals surface area contributed by atoms with Crippen LogP contribution in [0.3, 0.4) is 0 Å². The molecule has 168 valence electrons. The van der Waals surface area contributed by atoms with E-state index < -0.39 is 0 Å². The van der Waals surface area contributed by atoms with E-state index in [1.807, 2.05) is 18.0 Å². The SMILES string of the molecule is C=CC(=O)N1CCC(Nc2cc(CN3CCOCC3)nc(NC3SC(C)=CN3C)n2)C1. The molecule has 3 aliphatic heterocycles. The number of hydrogen-bond acceptors (Lipinski definition) is 9. The number of nitrogens with one attached hydrogen (secondary N) is 2. The van der Waals surface area contributed by atoms with Gasteiger partial charge in [-0.15, -0.1) is 0 Å². The van der Waals surface area contributed by atoms with E-state index in [2.05, 4.69) is 40.1 Å². The van der Waals surface area contributed by atoms with E-state index in [4.69, 9.17) is 14.7 Å². The van der Waals surface area contributed by atoms with Crippen molar-refractivity contribution in [1.29, 1.82) is 0 Å². The Hall–Kier alpha value is -2.30. The molecule has 3 aliphatic rings. The van der Waals surface area contributed by atoms with Crippen LogP contribution in [0, 0.1) is 0 Å². The minimum absolute atomic E-state index is 0.0217. The Morgan fingerprint density at radius 2 is 2.13 bits per heavy atom. The highest BCUT2D eigenvalue weighted by molar-refractivity contribution is 8.03. The van der Waals surface area contributed by atoms with Crippen LogP contribution in [0.4, 0.5) is 11.8 Å². The summed E-state index contributed by atoms with van der Waals surface area (Å²) >= 11 is 1.75. The molecule has 1 aromatic heterocycles. The fraction of sp³-hybridized carbons (Fsp3) is 0.571. The molecule has 4 rings (SSSR count). The quantitative estimate of drug-likeness (QED) is 0.610. The molecule has 0 radical (unpaired) electrons. The lowest BCUT2D eigenvalue weighted by Crippen LogP contribution is -2.36. The predicted molar refractivity (Wildman–Crippen MR) is 123 cm³/mol. The molecule has 0 aromatic carbocycles. The van der Waals surface area contributed by atoms with Crippen molar-refractivity contribution in [2.45, 2.75) is 31.4 Å². The minimum atomic E-state index is -0.0217. The van der Waals surface area contributed by atoms with Gasteiger partial charge in [-0.25, -0.2) is 4.98 Å². The molecule has 0 bridgehead atoms. The molecule has 31 heavy (non-hydrogen) atoms. The minimum Gasteiger partial charge on any atom is -0.379 e. The molecule has 2 unspecified atom stereocenters. The molecule has 2 saturated heterocycles. The van der Waals surface area contributed by atoms with Crippen molar-refractivity contribution >= 4 is 29.4 Å². The number of likely N-dealkylation sites (tertiary alicyclic amines) is 1. The molecule has 2 N–H and O–H groups in total. The van der Waals surface area contributed by atoms with Gasteiger partial charge in [-0.1, -0.05) is 18.3 Å². The summed E-state index contributed by atoms with van der Waals surface area (Å²) in [4.78, 5) is 29.0. The van der Waals surface area contributed by atoms with Crippen molar-refractivity contribution in [1.82, 2.24) is 24.7 Å². The lowest BCUT2D eigenvalue weighted by molar-refractivity contribution is -0.125. The molecule has 0 aliphatic carbocycles. The highest BCUT2D eigenvalue weighted by Gasteiger charge is 2.26. The van der Waals surface area contributed by atoms with Crippen molar-refractivity contribution in [3.05, 3.63) is 35.5 Å². The maximum atomic E-state index is 11.9. The molecule has 0 spiro atoms. The van der Waals surface area contributed by atoms with Crippen LogP contribution in [0.5, 0.6) is 0 Å². The first-order chi connectivity index (χ1) is 15.0. The Morgan fingerprint density at radius 3 is 2.84 bits per heavy atom. The summed E-state index contributed by atoms with van der Waals surface area (Å²) in [6, 6.07) is 2.18. The van der Waals surface area contributed by atoms with Crippen molar-refractivity contribution in [3.8, 4) is 0 Å². The Balaban J connectivity index is 1.48. The number of aromatic nitrogens is 2. The van der Waals surface area contributed by atoms with Gasteiger partial charge in [0, 0.05) is 63.0 Å². The van der Waals surface area contributed by atoms with Crippen LogP contribution < -0.4 is 10.6 Å². The van der Waals surface area contributed by atoms with Crippen molar-refractivity contribution in [2.75, 3.05) is 57.1 Å². The van der Waals surface area contributed by atoms with Crippen LogP contribution in [0.25, 0.3) is 0 Å². The average molecular weight is 446 g/mol. The number of carbonyl (C=O) groups excluding carboxylic acids is 1. The molecule has 2 fully saturated rings. The average Bonchev–Trinajstić information content (AvgIpc) is 3.34. The normalized spacial score (nSPS) is 24.3. The van der Waals surface area contributed by atoms with Gasteiger partial charge >= 0.3 is 0 Å². The fourth-order valence-electron chi connectivity index (χ4n) is 4.01. The monoisotopic (exact) mass is 445 g/mol. The maximum Gasteiger partial charge on any atom is 0.246 e. The third-order valence-corrected chi connectivity index (χ3v) is 6.75. The molecule has 10 heteroatoms. The highest BCUT2D eigenvalue weighted by atomic mass is 32.2. The van der Waals surface area contributed by atoms with Crippen LogP contribution in [-0.2, 0) is 16.1 Å². The van der Waals surface area contributed by atoms with Crippen LogP contribution in [0.15, 0.2) is 29.8 Å². The Bertz CT molecular complexity index is 843. The van der Waals surface area contributed by atoms with E-state index in [1.165, 1.54) is 11.0 Å². The number of thioether (sulfide) groups is 1. The topological polar surface area (TPSA) is 85.9 Å². The van der Waals surface area contributed by atoms with Gasteiger partial charge in [-0.2, -0.15) is 4.98 Å². The maximum absolute atomic E-state index is 11.9. The zero-order valence-corrected chi connectivity index (χ0v) is 19.0. The third kappa shape index (κ3) is 5.69. The number of nitrogens with zero attached hydrogens (tertiary/aromatic N) is 5. The summed E-state index contributed by atoms with van der Waals surface area (Å²) in [5, 5.41) is 6.97. The van der Waals surface area contributed by atoms with E-state index in [9.17, 15) is 4.79 Å². The second-order valence-electron chi connectivity index (χ2n) is 8.09. The number of allylic oxidation sites excluding steroid dienone is 1. The second-order valence-corrected chi connectivity index (χ2v) is 9.42. The summed E-state index contributed by atoms with van der Waals surface area (Å²) in [5.41, 5.74) is 1.04. The van der Waals surface area contributed by atoms with Gasteiger partial charge in [0.25, 0.3) is 0 Å². The highest BCUT2D eigenvalue weighted by Crippen LogP contribution is 2.31. The standard InChI is InChI=1S/C21H31N7O2S/c1-4-19(29)28-6-5-16(14-28)22-18-11-17(13-27-7-9-30-10-8-27)23-20(24-18)25-21-26(3)12-15(2)31-21/h4,11-12,16,21H,1,5-10,13-14H2,2-3H3,(H2,22,23,24,25). The molecule has 4 heterocycles. The number of morpholine rings is 1. The number of hydrogen-bond donors (Lipinski definition) is 2. The van der Waals surface area contributed by atoms with Crippen LogP contribution in [0.1, 0.15) is 19.0 Å². The first-order valence-electron chi connectivity index (χ1n) is 10.7. The molecule has 1 amide bonds. The van der Waals surface area contributed by atoms with E-state index in [0.29, 0.717) is 12.5 Å². The first kappa shape index (κ1) is 21.9. The second kappa shape index (κ2) is 9.88. The largest absolute Gasteiger partial charge is 0.379 e. The fourth-order valence-corrected chi connectivity index (χ4v) is 4.98. The van der Waals surface area contributed by atoms with Gasteiger partial charge in [0.05, 0.1) is 18.9 Å². The van der Waals surface area contributed by atoms with Gasteiger partial charge in [0.1, 0.15) is 5.82 Å². The van der Waals surface area contributed by atoms with Gasteiger partial charge in [0.15, 0.2) is 5.50 Å². The van der Waals surface area contributed by atoms with Crippen molar-refractivity contribution in [2.24, 2.45) is 0 Å². The molecular formula is C21H31N7O2S. The number of rotatable bonds is 7. The van der Waals surface area contributed by atoms with Crippen molar-refractivity contribution in [3.63, 3.8) is 0 Å². The zero-order valence-electron chi connectivity index (χ0n) is 18.2. The Labute approximate surface area is 187 Å².